The molecule has 0 aliphatic heterocycles. The molecule has 0 amide bonds. The Kier molecular flexibility index (Phi) is 2.82. The second-order valence-corrected chi connectivity index (χ2v) is 3.47. The van der Waals surface area contributed by atoms with E-state index in [1.54, 1.807) is 0 Å². The standard InChI is InChI=1S/C11H7F3N2O2/c12-11(13,14)8-6-16-7(4-5-10(17)18)2-1-3-9(16)15-8/h1-6H,(H,17,18). The van der Waals surface area contributed by atoms with Crippen LogP contribution in [0.4, 0.5) is 13.2 Å². The fraction of sp³-hybridized carbons (Fsp3) is 0.0909. The summed E-state index contributed by atoms with van der Waals surface area (Å²) in [5.74, 6) is -1.18. The molecule has 94 valence electrons. The van der Waals surface area contributed by atoms with Crippen molar-refractivity contribution in [3.05, 3.63) is 41.9 Å². The van der Waals surface area contributed by atoms with Crippen LogP contribution in [0.2, 0.25) is 0 Å². The van der Waals surface area contributed by atoms with E-state index in [0.717, 1.165) is 12.3 Å². The van der Waals surface area contributed by atoms with Crippen LogP contribution >= 0.6 is 0 Å². The lowest BCUT2D eigenvalue weighted by atomic mass is 10.3. The number of aromatic nitrogens is 2. The molecule has 0 aromatic carbocycles. The van der Waals surface area contributed by atoms with E-state index in [2.05, 4.69) is 4.98 Å². The third-order valence-electron chi connectivity index (χ3n) is 2.21. The van der Waals surface area contributed by atoms with Crippen LogP contribution in [0.3, 0.4) is 0 Å². The van der Waals surface area contributed by atoms with E-state index >= 15 is 0 Å². The summed E-state index contributed by atoms with van der Waals surface area (Å²) in [7, 11) is 0. The molecule has 2 heterocycles. The normalized spacial score (nSPS) is 12.4. The molecule has 2 aromatic rings. The lowest BCUT2D eigenvalue weighted by molar-refractivity contribution is -0.140. The Labute approximate surface area is 99.0 Å². The molecule has 4 nitrogen and oxygen atoms in total. The summed E-state index contributed by atoms with van der Waals surface area (Å²) in [5, 5.41) is 8.49. The molecule has 2 rings (SSSR count). The van der Waals surface area contributed by atoms with E-state index in [9.17, 15) is 18.0 Å². The van der Waals surface area contributed by atoms with Gasteiger partial charge in [-0.15, -0.1) is 0 Å². The number of halogens is 3. The molecule has 0 unspecified atom stereocenters. The highest BCUT2D eigenvalue weighted by molar-refractivity contribution is 5.85. The van der Waals surface area contributed by atoms with Gasteiger partial charge in [0.15, 0.2) is 5.69 Å². The van der Waals surface area contributed by atoms with Gasteiger partial charge in [-0.3, -0.25) is 4.40 Å². The lowest BCUT2D eigenvalue weighted by Crippen LogP contribution is -2.04. The van der Waals surface area contributed by atoms with Crippen molar-refractivity contribution in [2.45, 2.75) is 6.18 Å². The van der Waals surface area contributed by atoms with Crippen molar-refractivity contribution in [2.75, 3.05) is 0 Å². The van der Waals surface area contributed by atoms with E-state index in [0.29, 0.717) is 5.69 Å². The average Bonchev–Trinajstić information content (AvgIpc) is 2.69. The maximum atomic E-state index is 12.5. The molecule has 2 aromatic heterocycles. The van der Waals surface area contributed by atoms with Gasteiger partial charge in [-0.2, -0.15) is 13.2 Å². The smallest absolute Gasteiger partial charge is 0.434 e. The Morgan fingerprint density at radius 2 is 2.11 bits per heavy atom. The van der Waals surface area contributed by atoms with E-state index in [1.807, 2.05) is 0 Å². The van der Waals surface area contributed by atoms with Crippen molar-refractivity contribution in [1.29, 1.82) is 0 Å². The topological polar surface area (TPSA) is 54.6 Å². The minimum Gasteiger partial charge on any atom is -0.478 e. The highest BCUT2D eigenvalue weighted by Gasteiger charge is 2.33. The summed E-state index contributed by atoms with van der Waals surface area (Å²) in [6, 6.07) is 4.41. The fourth-order valence-electron chi connectivity index (χ4n) is 1.46. The highest BCUT2D eigenvalue weighted by Crippen LogP contribution is 2.28. The molecule has 0 atom stereocenters. The number of rotatable bonds is 2. The number of pyridine rings is 1. The van der Waals surface area contributed by atoms with Crippen LogP contribution in [0, 0.1) is 0 Å². The zero-order valence-electron chi connectivity index (χ0n) is 8.85. The number of carboxylic acid groups (broad SMARTS) is 1. The summed E-state index contributed by atoms with van der Waals surface area (Å²) in [6.45, 7) is 0. The number of alkyl halides is 3. The molecule has 0 spiro atoms. The van der Waals surface area contributed by atoms with Crippen LogP contribution < -0.4 is 0 Å². The van der Waals surface area contributed by atoms with Gasteiger partial charge in [0.25, 0.3) is 0 Å². The quantitative estimate of drug-likeness (QED) is 0.839. The van der Waals surface area contributed by atoms with E-state index in [-0.39, 0.29) is 5.65 Å². The van der Waals surface area contributed by atoms with Gasteiger partial charge in [-0.05, 0) is 18.2 Å². The Bertz CT molecular complexity index is 629. The molecule has 0 aliphatic rings. The first kappa shape index (κ1) is 12.2. The number of carbonyl (C=O) groups is 1. The second-order valence-electron chi connectivity index (χ2n) is 3.47. The Morgan fingerprint density at radius 1 is 1.39 bits per heavy atom. The van der Waals surface area contributed by atoms with Crippen LogP contribution in [-0.2, 0) is 11.0 Å². The molecular weight excluding hydrogens is 249 g/mol. The minimum atomic E-state index is -4.53. The van der Waals surface area contributed by atoms with Crippen molar-refractivity contribution >= 4 is 17.7 Å². The third-order valence-corrected chi connectivity index (χ3v) is 2.21. The molecule has 1 N–H and O–H groups in total. The molecule has 0 saturated carbocycles. The summed E-state index contributed by atoms with van der Waals surface area (Å²) in [4.78, 5) is 13.8. The maximum absolute atomic E-state index is 12.5. The average molecular weight is 256 g/mol. The molecule has 7 heteroatoms. The summed E-state index contributed by atoms with van der Waals surface area (Å²) in [6.07, 6.45) is -1.64. The Balaban J connectivity index is 2.56. The summed E-state index contributed by atoms with van der Waals surface area (Å²) >= 11 is 0. The van der Waals surface area contributed by atoms with Crippen LogP contribution in [0.5, 0.6) is 0 Å². The predicted molar refractivity (Wildman–Crippen MR) is 56.9 cm³/mol. The monoisotopic (exact) mass is 256 g/mol. The first-order chi connectivity index (χ1) is 8.38. The van der Waals surface area contributed by atoms with Crippen molar-refractivity contribution in [3.63, 3.8) is 0 Å². The molecule has 0 bridgehead atoms. The van der Waals surface area contributed by atoms with E-state index in [1.165, 1.54) is 28.7 Å². The highest BCUT2D eigenvalue weighted by atomic mass is 19.4. The molecule has 0 radical (unpaired) electrons. The molecule has 0 aliphatic carbocycles. The van der Waals surface area contributed by atoms with E-state index < -0.39 is 17.8 Å². The van der Waals surface area contributed by atoms with Gasteiger partial charge in [0.2, 0.25) is 0 Å². The van der Waals surface area contributed by atoms with E-state index in [4.69, 9.17) is 5.11 Å². The van der Waals surface area contributed by atoms with Crippen LogP contribution in [0.1, 0.15) is 11.4 Å². The number of hydrogen-bond donors (Lipinski definition) is 1. The van der Waals surface area contributed by atoms with Gasteiger partial charge in [0.05, 0.1) is 0 Å². The van der Waals surface area contributed by atoms with Crippen molar-refractivity contribution in [3.8, 4) is 0 Å². The van der Waals surface area contributed by atoms with Crippen LogP contribution in [0.15, 0.2) is 30.5 Å². The van der Waals surface area contributed by atoms with Gasteiger partial charge in [0, 0.05) is 18.0 Å². The first-order valence-electron chi connectivity index (χ1n) is 4.84. The fourth-order valence-corrected chi connectivity index (χ4v) is 1.46. The van der Waals surface area contributed by atoms with Gasteiger partial charge >= 0.3 is 12.1 Å². The lowest BCUT2D eigenvalue weighted by Gasteiger charge is -1.99. The summed E-state index contributed by atoms with van der Waals surface area (Å²) in [5.41, 5.74) is -0.605. The van der Waals surface area contributed by atoms with Crippen molar-refractivity contribution in [1.82, 2.24) is 9.38 Å². The largest absolute Gasteiger partial charge is 0.478 e. The second kappa shape index (κ2) is 4.17. The molecular formula is C11H7F3N2O2. The van der Waals surface area contributed by atoms with Crippen LogP contribution in [-0.4, -0.2) is 20.5 Å². The van der Waals surface area contributed by atoms with Gasteiger partial charge in [-0.1, -0.05) is 6.07 Å². The predicted octanol–water partition coefficient (Wildman–Crippen LogP) is 2.45. The number of aliphatic carboxylic acids is 1. The maximum Gasteiger partial charge on any atom is 0.434 e. The Hall–Kier alpha value is -2.31. The van der Waals surface area contributed by atoms with Crippen LogP contribution in [0.25, 0.3) is 11.7 Å². The molecule has 18 heavy (non-hydrogen) atoms. The molecule has 0 saturated heterocycles. The minimum absolute atomic E-state index is 0.106. The van der Waals surface area contributed by atoms with Crippen molar-refractivity contribution < 1.29 is 23.1 Å². The van der Waals surface area contributed by atoms with Gasteiger partial charge in [-0.25, -0.2) is 9.78 Å². The number of imidazole rings is 1. The Morgan fingerprint density at radius 3 is 2.72 bits per heavy atom. The summed E-state index contributed by atoms with van der Waals surface area (Å²) < 4.78 is 38.6. The SMILES string of the molecule is O=C(O)C=Cc1cccc2nc(C(F)(F)F)cn12. The number of hydrogen-bond acceptors (Lipinski definition) is 2. The zero-order valence-corrected chi connectivity index (χ0v) is 8.85. The van der Waals surface area contributed by atoms with Gasteiger partial charge < -0.3 is 5.11 Å². The third kappa shape index (κ3) is 2.34. The first-order valence-corrected chi connectivity index (χ1v) is 4.84. The number of fused-ring (bicyclic) bond motifs is 1. The van der Waals surface area contributed by atoms with Gasteiger partial charge in [0.1, 0.15) is 5.65 Å². The van der Waals surface area contributed by atoms with Crippen molar-refractivity contribution in [2.24, 2.45) is 0 Å². The number of carboxylic acids is 1. The molecule has 0 fully saturated rings. The number of nitrogens with zero attached hydrogens (tertiary/aromatic N) is 2. The zero-order chi connectivity index (χ0) is 13.3.